The zero-order valence-corrected chi connectivity index (χ0v) is 18.0. The van der Waals surface area contributed by atoms with Gasteiger partial charge in [-0.1, -0.05) is 30.3 Å². The van der Waals surface area contributed by atoms with Gasteiger partial charge in [-0.2, -0.15) is 4.98 Å². The van der Waals surface area contributed by atoms with E-state index in [0.29, 0.717) is 48.5 Å². The van der Waals surface area contributed by atoms with Gasteiger partial charge in [0.25, 0.3) is 5.91 Å². The number of hydrogen-bond acceptors (Lipinski definition) is 7. The number of anilines is 1. The summed E-state index contributed by atoms with van der Waals surface area (Å²) in [6.45, 7) is 5.39. The summed E-state index contributed by atoms with van der Waals surface area (Å²) in [5, 5.41) is 2.87. The Balaban J connectivity index is 1.32. The number of aryl methyl sites for hydroxylation is 1. The van der Waals surface area contributed by atoms with Crippen LogP contribution in [0.15, 0.2) is 60.7 Å². The minimum absolute atomic E-state index is 0.229. The monoisotopic (exact) mass is 434 g/mol. The van der Waals surface area contributed by atoms with Gasteiger partial charge in [0, 0.05) is 19.2 Å². The van der Waals surface area contributed by atoms with Crippen molar-refractivity contribution in [2.24, 2.45) is 0 Å². The van der Waals surface area contributed by atoms with E-state index in [1.807, 2.05) is 49.4 Å². The lowest BCUT2D eigenvalue weighted by Crippen LogP contribution is -2.37. The van der Waals surface area contributed by atoms with E-state index in [1.54, 1.807) is 18.2 Å². The van der Waals surface area contributed by atoms with E-state index in [4.69, 9.17) is 14.2 Å². The molecule has 1 N–H and O–H groups in total. The molecule has 0 radical (unpaired) electrons. The molecule has 1 fully saturated rings. The summed E-state index contributed by atoms with van der Waals surface area (Å²) < 4.78 is 17.0. The maximum Gasteiger partial charge on any atom is 0.255 e. The fourth-order valence-corrected chi connectivity index (χ4v) is 3.33. The number of hydrogen-bond donors (Lipinski definition) is 1. The molecule has 1 saturated heterocycles. The van der Waals surface area contributed by atoms with Crippen LogP contribution in [0.1, 0.15) is 16.2 Å². The van der Waals surface area contributed by atoms with Crippen molar-refractivity contribution in [3.05, 3.63) is 72.1 Å². The van der Waals surface area contributed by atoms with Gasteiger partial charge in [-0.15, -0.1) is 0 Å². The zero-order chi connectivity index (χ0) is 22.2. The fourth-order valence-electron chi connectivity index (χ4n) is 3.33. The molecule has 1 aliphatic heterocycles. The van der Waals surface area contributed by atoms with Gasteiger partial charge in [0.05, 0.1) is 25.3 Å². The zero-order valence-electron chi connectivity index (χ0n) is 18.0. The normalized spacial score (nSPS) is 13.5. The second-order valence-corrected chi connectivity index (χ2v) is 7.23. The molecule has 4 rings (SSSR count). The third-order valence-electron chi connectivity index (χ3n) is 4.88. The summed E-state index contributed by atoms with van der Waals surface area (Å²) in [4.78, 5) is 23.7. The van der Waals surface area contributed by atoms with Crippen LogP contribution < -0.4 is 19.7 Å². The molecule has 32 heavy (non-hydrogen) atoms. The van der Waals surface area contributed by atoms with E-state index in [-0.39, 0.29) is 12.5 Å². The van der Waals surface area contributed by atoms with Crippen molar-refractivity contribution >= 4 is 11.7 Å². The molecule has 166 valence electrons. The highest BCUT2D eigenvalue weighted by Crippen LogP contribution is 2.25. The van der Waals surface area contributed by atoms with Gasteiger partial charge in [0.15, 0.2) is 0 Å². The number of ether oxygens (including phenoxy) is 3. The van der Waals surface area contributed by atoms with E-state index < -0.39 is 0 Å². The van der Waals surface area contributed by atoms with E-state index in [0.717, 1.165) is 18.9 Å². The number of rotatable bonds is 8. The first-order chi connectivity index (χ1) is 15.7. The van der Waals surface area contributed by atoms with E-state index in [1.165, 1.54) is 0 Å². The number of para-hydroxylation sites is 2. The fraction of sp³-hybridized carbons (Fsp3) is 0.292. The van der Waals surface area contributed by atoms with Crippen molar-refractivity contribution in [1.82, 2.24) is 15.3 Å². The lowest BCUT2D eigenvalue weighted by molar-refractivity contribution is 0.0944. The Bertz CT molecular complexity index is 1040. The average molecular weight is 434 g/mol. The molecule has 0 aliphatic carbocycles. The van der Waals surface area contributed by atoms with Crippen LogP contribution in [0.3, 0.4) is 0 Å². The quantitative estimate of drug-likeness (QED) is 0.545. The second-order valence-electron chi connectivity index (χ2n) is 7.23. The minimum atomic E-state index is -0.229. The first-order valence-electron chi connectivity index (χ1n) is 10.6. The molecule has 8 nitrogen and oxygen atoms in total. The highest BCUT2D eigenvalue weighted by Gasteiger charge is 2.15. The van der Waals surface area contributed by atoms with Crippen molar-refractivity contribution in [2.75, 3.05) is 44.4 Å². The van der Waals surface area contributed by atoms with E-state index >= 15 is 0 Å². The smallest absolute Gasteiger partial charge is 0.255 e. The summed E-state index contributed by atoms with van der Waals surface area (Å²) in [5.74, 6) is 2.89. The molecule has 1 aliphatic rings. The van der Waals surface area contributed by atoms with Gasteiger partial charge in [0.2, 0.25) is 5.88 Å². The van der Waals surface area contributed by atoms with Crippen molar-refractivity contribution in [2.45, 2.75) is 6.92 Å². The number of benzene rings is 2. The molecule has 1 aromatic heterocycles. The number of aromatic nitrogens is 2. The van der Waals surface area contributed by atoms with Crippen LogP contribution in [0.4, 0.5) is 5.82 Å². The van der Waals surface area contributed by atoms with Crippen LogP contribution in [0.2, 0.25) is 0 Å². The second kappa shape index (κ2) is 10.6. The Hall–Kier alpha value is -3.65. The number of nitrogens with zero attached hydrogens (tertiary/aromatic N) is 3. The van der Waals surface area contributed by atoms with Gasteiger partial charge in [-0.3, -0.25) is 4.79 Å². The molecule has 0 atom stereocenters. The lowest BCUT2D eigenvalue weighted by atomic mass is 10.2. The minimum Gasteiger partial charge on any atom is -0.476 e. The summed E-state index contributed by atoms with van der Waals surface area (Å²) in [7, 11) is 0. The Kier molecular flexibility index (Phi) is 7.14. The number of morpholine rings is 1. The molecule has 2 heterocycles. The molecule has 8 heteroatoms. The van der Waals surface area contributed by atoms with Crippen LogP contribution in [0.25, 0.3) is 0 Å². The van der Waals surface area contributed by atoms with Crippen LogP contribution in [0, 0.1) is 6.92 Å². The molecule has 0 unspecified atom stereocenters. The van der Waals surface area contributed by atoms with E-state index in [2.05, 4.69) is 20.2 Å². The van der Waals surface area contributed by atoms with Crippen LogP contribution in [0.5, 0.6) is 17.4 Å². The number of carbonyl (C=O) groups excluding carboxylic acids is 1. The molecular weight excluding hydrogens is 408 g/mol. The molecule has 0 bridgehead atoms. The highest BCUT2D eigenvalue weighted by atomic mass is 16.5. The first-order valence-corrected chi connectivity index (χ1v) is 10.6. The van der Waals surface area contributed by atoms with Gasteiger partial charge in [-0.25, -0.2) is 4.98 Å². The van der Waals surface area contributed by atoms with Gasteiger partial charge in [0.1, 0.15) is 29.7 Å². The topological polar surface area (TPSA) is 85.8 Å². The van der Waals surface area contributed by atoms with Crippen molar-refractivity contribution in [3.8, 4) is 17.4 Å². The number of carbonyl (C=O) groups is 1. The van der Waals surface area contributed by atoms with Crippen LogP contribution in [-0.4, -0.2) is 55.3 Å². The van der Waals surface area contributed by atoms with Gasteiger partial charge >= 0.3 is 0 Å². The van der Waals surface area contributed by atoms with Crippen molar-refractivity contribution in [1.29, 1.82) is 0 Å². The maximum absolute atomic E-state index is 12.7. The Morgan fingerprint density at radius 2 is 1.81 bits per heavy atom. The molecule has 0 saturated carbocycles. The Labute approximate surface area is 187 Å². The summed E-state index contributed by atoms with van der Waals surface area (Å²) >= 11 is 0. The molecule has 2 aromatic carbocycles. The summed E-state index contributed by atoms with van der Waals surface area (Å²) in [5.41, 5.74) is 0.462. The third kappa shape index (κ3) is 5.73. The molecule has 3 aromatic rings. The van der Waals surface area contributed by atoms with Crippen LogP contribution >= 0.6 is 0 Å². The van der Waals surface area contributed by atoms with Crippen molar-refractivity contribution in [3.63, 3.8) is 0 Å². The van der Waals surface area contributed by atoms with Crippen molar-refractivity contribution < 1.29 is 19.0 Å². The average Bonchev–Trinajstić information content (AvgIpc) is 2.83. The predicted molar refractivity (Wildman–Crippen MR) is 121 cm³/mol. The van der Waals surface area contributed by atoms with E-state index in [9.17, 15) is 4.79 Å². The number of nitrogens with one attached hydrogen (secondary N) is 1. The SMILES string of the molecule is Cc1nc(OCCNC(=O)c2ccccc2Oc2ccccc2)cc(N2CCOCC2)n1. The largest absolute Gasteiger partial charge is 0.476 e. The highest BCUT2D eigenvalue weighted by molar-refractivity contribution is 5.97. The Morgan fingerprint density at radius 1 is 1.06 bits per heavy atom. The standard InChI is InChI=1S/C24H26N4O4/c1-18-26-22(28-12-15-30-16-13-28)17-23(27-18)31-14-11-25-24(29)20-9-5-6-10-21(20)32-19-7-3-2-4-8-19/h2-10,17H,11-16H2,1H3,(H,25,29). The summed E-state index contributed by atoms with van der Waals surface area (Å²) in [6, 6.07) is 18.3. The molecular formula is C24H26N4O4. The van der Waals surface area contributed by atoms with Gasteiger partial charge < -0.3 is 24.4 Å². The first kappa shape index (κ1) is 21.6. The lowest BCUT2D eigenvalue weighted by Gasteiger charge is -2.28. The third-order valence-corrected chi connectivity index (χ3v) is 4.88. The molecule has 0 spiro atoms. The Morgan fingerprint density at radius 3 is 2.62 bits per heavy atom. The van der Waals surface area contributed by atoms with Crippen LogP contribution in [-0.2, 0) is 4.74 Å². The number of amides is 1. The van der Waals surface area contributed by atoms with Gasteiger partial charge in [-0.05, 0) is 31.2 Å². The predicted octanol–water partition coefficient (Wildman–Crippen LogP) is 3.22. The maximum atomic E-state index is 12.7. The summed E-state index contributed by atoms with van der Waals surface area (Å²) in [6.07, 6.45) is 0. The molecule has 1 amide bonds.